The van der Waals surface area contributed by atoms with E-state index in [1.54, 1.807) is 13.0 Å². The van der Waals surface area contributed by atoms with Crippen molar-refractivity contribution in [1.82, 2.24) is 10.3 Å². The average Bonchev–Trinajstić information content (AvgIpc) is 2.31. The molecule has 0 bridgehead atoms. The number of hydrogen-bond acceptors (Lipinski definition) is 4. The van der Waals surface area contributed by atoms with E-state index in [0.717, 1.165) is 6.54 Å². The molecule has 1 aromatic heterocycles. The molecule has 0 spiro atoms. The summed E-state index contributed by atoms with van der Waals surface area (Å²) in [5, 5.41) is 12.1. The molecule has 0 aliphatic carbocycles. The molecule has 1 atom stereocenters. The van der Waals surface area contributed by atoms with Gasteiger partial charge in [0.15, 0.2) is 5.69 Å². The first-order valence-corrected chi connectivity index (χ1v) is 5.88. The van der Waals surface area contributed by atoms with Gasteiger partial charge in [0.25, 0.3) is 0 Å². The first-order valence-electron chi connectivity index (χ1n) is 5.88. The van der Waals surface area contributed by atoms with E-state index in [9.17, 15) is 9.18 Å². The second-order valence-corrected chi connectivity index (χ2v) is 4.57. The number of aromatic nitrogens is 1. The normalized spacial score (nSPS) is 18.9. The average molecular weight is 290 g/mol. The zero-order chi connectivity index (χ0) is 13.3. The summed E-state index contributed by atoms with van der Waals surface area (Å²) in [4.78, 5) is 16.3. The Kier molecular flexibility index (Phi) is 5.08. The zero-order valence-electron chi connectivity index (χ0n) is 10.8. The zero-order valence-corrected chi connectivity index (χ0v) is 11.6. The second kappa shape index (κ2) is 6.16. The molecule has 2 heterocycles. The minimum atomic E-state index is -1.20. The van der Waals surface area contributed by atoms with Gasteiger partial charge in [0, 0.05) is 25.7 Å². The van der Waals surface area contributed by atoms with Gasteiger partial charge in [-0.05, 0) is 25.5 Å². The van der Waals surface area contributed by atoms with Crippen molar-refractivity contribution in [2.24, 2.45) is 0 Å². The largest absolute Gasteiger partial charge is 0.477 e. The van der Waals surface area contributed by atoms with Crippen molar-refractivity contribution in [1.29, 1.82) is 0 Å². The first kappa shape index (κ1) is 15.7. The molecule has 2 rings (SSSR count). The van der Waals surface area contributed by atoms with Gasteiger partial charge in [-0.1, -0.05) is 0 Å². The summed E-state index contributed by atoms with van der Waals surface area (Å²) in [6, 6.07) is 1.83. The maximum Gasteiger partial charge on any atom is 0.354 e. The molecule has 1 aliphatic heterocycles. The molecule has 1 fully saturated rings. The van der Waals surface area contributed by atoms with Gasteiger partial charge in [0.05, 0.1) is 5.69 Å². The second-order valence-electron chi connectivity index (χ2n) is 4.57. The third-order valence-electron chi connectivity index (χ3n) is 3.06. The van der Waals surface area contributed by atoms with Gasteiger partial charge < -0.3 is 15.3 Å². The number of carbonyl (C=O) groups is 1. The molecule has 19 heavy (non-hydrogen) atoms. The van der Waals surface area contributed by atoms with Crippen LogP contribution < -0.4 is 10.2 Å². The number of aromatic carboxylic acids is 1. The Morgan fingerprint density at radius 1 is 1.63 bits per heavy atom. The Bertz CT molecular complexity index is 484. The van der Waals surface area contributed by atoms with E-state index >= 15 is 0 Å². The van der Waals surface area contributed by atoms with Crippen molar-refractivity contribution in [3.05, 3.63) is 23.3 Å². The topological polar surface area (TPSA) is 65.5 Å². The van der Waals surface area contributed by atoms with Crippen LogP contribution in [0.4, 0.5) is 10.1 Å². The van der Waals surface area contributed by atoms with Crippen LogP contribution in [-0.4, -0.2) is 41.7 Å². The van der Waals surface area contributed by atoms with Crippen molar-refractivity contribution in [3.8, 4) is 0 Å². The van der Waals surface area contributed by atoms with E-state index in [1.807, 2.05) is 11.8 Å². The van der Waals surface area contributed by atoms with Gasteiger partial charge in [-0.25, -0.2) is 9.78 Å². The Morgan fingerprint density at radius 2 is 2.32 bits per heavy atom. The Hall–Kier alpha value is -1.40. The number of carboxylic acids is 1. The van der Waals surface area contributed by atoms with Crippen LogP contribution >= 0.6 is 12.4 Å². The highest BCUT2D eigenvalue weighted by Gasteiger charge is 2.22. The van der Waals surface area contributed by atoms with E-state index in [2.05, 4.69) is 10.3 Å². The van der Waals surface area contributed by atoms with Crippen LogP contribution in [-0.2, 0) is 0 Å². The molecule has 0 saturated carbocycles. The summed E-state index contributed by atoms with van der Waals surface area (Å²) in [6.07, 6.45) is 0. The molecular weight excluding hydrogens is 273 g/mol. The molecule has 0 radical (unpaired) electrons. The van der Waals surface area contributed by atoms with Gasteiger partial charge in [-0.2, -0.15) is 4.39 Å². The van der Waals surface area contributed by atoms with Crippen LogP contribution in [0.15, 0.2) is 6.07 Å². The van der Waals surface area contributed by atoms with Crippen LogP contribution in [0.5, 0.6) is 0 Å². The van der Waals surface area contributed by atoms with Crippen LogP contribution in [0, 0.1) is 12.9 Å². The van der Waals surface area contributed by atoms with Gasteiger partial charge in [0.1, 0.15) is 0 Å². The fourth-order valence-corrected chi connectivity index (χ4v) is 2.17. The molecule has 7 heteroatoms. The van der Waals surface area contributed by atoms with Gasteiger partial charge >= 0.3 is 5.97 Å². The number of anilines is 1. The lowest BCUT2D eigenvalue weighted by molar-refractivity contribution is 0.0688. The Labute approximate surface area is 117 Å². The van der Waals surface area contributed by atoms with Crippen LogP contribution in [0.3, 0.4) is 0 Å². The molecule has 0 unspecified atom stereocenters. The van der Waals surface area contributed by atoms with Crippen molar-refractivity contribution >= 4 is 24.1 Å². The van der Waals surface area contributed by atoms with Crippen molar-refractivity contribution in [2.45, 2.75) is 19.9 Å². The Morgan fingerprint density at radius 3 is 2.89 bits per heavy atom. The SMILES string of the molecule is Cc1cc(N2CCN[C@H](C)C2)c(F)nc1C(=O)O.Cl. The smallest absolute Gasteiger partial charge is 0.354 e. The van der Waals surface area contributed by atoms with Gasteiger partial charge in [-0.15, -0.1) is 12.4 Å². The maximum atomic E-state index is 13.9. The van der Waals surface area contributed by atoms with Crippen molar-refractivity contribution in [2.75, 3.05) is 24.5 Å². The highest BCUT2D eigenvalue weighted by Crippen LogP contribution is 2.22. The lowest BCUT2D eigenvalue weighted by Crippen LogP contribution is -2.49. The fourth-order valence-electron chi connectivity index (χ4n) is 2.17. The number of aryl methyl sites for hydroxylation is 1. The summed E-state index contributed by atoms with van der Waals surface area (Å²) in [5.74, 6) is -1.92. The van der Waals surface area contributed by atoms with Crippen LogP contribution in [0.2, 0.25) is 0 Å². The first-order chi connectivity index (χ1) is 8.49. The monoisotopic (exact) mass is 289 g/mol. The minimum absolute atomic E-state index is 0. The van der Waals surface area contributed by atoms with E-state index in [0.29, 0.717) is 24.3 Å². The molecule has 106 valence electrons. The third kappa shape index (κ3) is 3.33. The van der Waals surface area contributed by atoms with E-state index in [-0.39, 0.29) is 24.1 Å². The number of carboxylic acid groups (broad SMARTS) is 1. The lowest BCUT2D eigenvalue weighted by atomic mass is 10.1. The highest BCUT2D eigenvalue weighted by atomic mass is 35.5. The molecule has 1 aliphatic rings. The van der Waals surface area contributed by atoms with E-state index in [4.69, 9.17) is 5.11 Å². The molecule has 2 N–H and O–H groups in total. The standard InChI is InChI=1S/C12H16FN3O2.ClH/c1-7-5-9(11(13)15-10(7)12(17)18)16-4-3-14-8(2)6-16;/h5,8,14H,3-4,6H2,1-2H3,(H,17,18);1H/t8-;/m1./s1. The predicted octanol–water partition coefficient (Wildman–Crippen LogP) is 1.45. The number of hydrogen-bond donors (Lipinski definition) is 2. The van der Waals surface area contributed by atoms with Gasteiger partial charge in [0.2, 0.25) is 5.95 Å². The van der Waals surface area contributed by atoms with E-state index in [1.165, 1.54) is 0 Å². The van der Waals surface area contributed by atoms with Crippen molar-refractivity contribution < 1.29 is 14.3 Å². The van der Waals surface area contributed by atoms with Crippen LogP contribution in [0.25, 0.3) is 0 Å². The maximum absolute atomic E-state index is 13.9. The molecule has 1 saturated heterocycles. The number of piperazine rings is 1. The predicted molar refractivity (Wildman–Crippen MR) is 72.8 cm³/mol. The van der Waals surface area contributed by atoms with E-state index < -0.39 is 11.9 Å². The molecule has 0 aromatic carbocycles. The molecule has 1 aromatic rings. The lowest BCUT2D eigenvalue weighted by Gasteiger charge is -2.33. The fraction of sp³-hybridized carbons (Fsp3) is 0.500. The summed E-state index contributed by atoms with van der Waals surface area (Å²) < 4.78 is 13.9. The quantitative estimate of drug-likeness (QED) is 0.807. The third-order valence-corrected chi connectivity index (χ3v) is 3.06. The Balaban J connectivity index is 0.00000180. The number of nitrogens with zero attached hydrogens (tertiary/aromatic N) is 2. The summed E-state index contributed by atoms with van der Waals surface area (Å²) in [5.41, 5.74) is 0.635. The van der Waals surface area contributed by atoms with Gasteiger partial charge in [-0.3, -0.25) is 0 Å². The summed E-state index contributed by atoms with van der Waals surface area (Å²) >= 11 is 0. The minimum Gasteiger partial charge on any atom is -0.477 e. The highest BCUT2D eigenvalue weighted by molar-refractivity contribution is 5.87. The van der Waals surface area contributed by atoms with Crippen LogP contribution in [0.1, 0.15) is 23.0 Å². The number of pyridine rings is 1. The van der Waals surface area contributed by atoms with Crippen molar-refractivity contribution in [3.63, 3.8) is 0 Å². The molecular formula is C12H17ClFN3O2. The molecule has 5 nitrogen and oxygen atoms in total. The summed E-state index contributed by atoms with van der Waals surface area (Å²) in [7, 11) is 0. The number of rotatable bonds is 2. The summed E-state index contributed by atoms with van der Waals surface area (Å²) in [6.45, 7) is 5.81. The number of nitrogens with one attached hydrogen (secondary N) is 1. The molecule has 0 amide bonds. The number of halogens is 2.